The lowest BCUT2D eigenvalue weighted by Gasteiger charge is -2.09. The highest BCUT2D eigenvalue weighted by atomic mass is 19.4. The van der Waals surface area contributed by atoms with Crippen LogP contribution in [0.25, 0.3) is 55.7 Å². The van der Waals surface area contributed by atoms with Gasteiger partial charge in [0.2, 0.25) is 0 Å². The molecule has 0 saturated carbocycles. The van der Waals surface area contributed by atoms with Crippen molar-refractivity contribution in [2.75, 3.05) is 0 Å². The molecule has 274 valence electrons. The quantitative estimate of drug-likeness (QED) is 0.132. The zero-order chi connectivity index (χ0) is 40.4. The van der Waals surface area contributed by atoms with Gasteiger partial charge in [0.05, 0.1) is 51.0 Å². The van der Waals surface area contributed by atoms with Crippen LogP contribution in [-0.2, 0) is 12.4 Å². The molecule has 0 amide bonds. The lowest BCUT2D eigenvalue weighted by molar-refractivity contribution is -0.138. The van der Waals surface area contributed by atoms with Gasteiger partial charge in [0.15, 0.2) is 0 Å². The average Bonchev–Trinajstić information content (AvgIpc) is 3.65. The van der Waals surface area contributed by atoms with Crippen LogP contribution in [0.15, 0.2) is 131 Å². The fourth-order valence-corrected chi connectivity index (χ4v) is 7.15. The number of fused-ring (bicyclic) bond motifs is 5. The number of nitriles is 3. The molecule has 0 saturated heterocycles. The Balaban J connectivity index is 1.21. The normalized spacial score (nSPS) is 14.8. The number of halogens is 6. The Hall–Kier alpha value is -7.62. The number of rotatable bonds is 3. The molecule has 0 fully saturated rings. The molecule has 6 nitrogen and oxygen atoms in total. The zero-order valence-corrected chi connectivity index (χ0v) is 29.5. The van der Waals surface area contributed by atoms with Crippen molar-refractivity contribution in [3.8, 4) is 51.7 Å². The molecule has 12 heteroatoms. The summed E-state index contributed by atoms with van der Waals surface area (Å²) in [5, 5.41) is 29.7. The van der Waals surface area contributed by atoms with Gasteiger partial charge in [0, 0.05) is 33.4 Å². The predicted molar refractivity (Wildman–Crippen MR) is 203 cm³/mol. The summed E-state index contributed by atoms with van der Waals surface area (Å²) in [6.07, 6.45) is -8.97. The van der Waals surface area contributed by atoms with E-state index in [4.69, 9.17) is 15.0 Å². The first-order chi connectivity index (χ1) is 27.2. The Morgan fingerprint density at radius 3 is 1.60 bits per heavy atom. The van der Waals surface area contributed by atoms with Crippen LogP contribution in [0.1, 0.15) is 40.4 Å². The van der Waals surface area contributed by atoms with Gasteiger partial charge in [0.25, 0.3) is 0 Å². The van der Waals surface area contributed by atoms with Crippen LogP contribution in [0.4, 0.5) is 32.0 Å². The third-order valence-corrected chi connectivity index (χ3v) is 9.91. The van der Waals surface area contributed by atoms with Gasteiger partial charge in [-0.2, -0.15) is 42.1 Å². The molecule has 0 unspecified atom stereocenters. The third kappa shape index (κ3) is 6.22. The predicted octanol–water partition coefficient (Wildman–Crippen LogP) is 11.8. The van der Waals surface area contributed by atoms with Crippen LogP contribution in [0.2, 0.25) is 0 Å². The maximum atomic E-state index is 13.2. The molecule has 8 rings (SSSR count). The summed E-state index contributed by atoms with van der Waals surface area (Å²) < 4.78 is 79.3. The highest BCUT2D eigenvalue weighted by Gasteiger charge is 2.33. The Kier molecular flexibility index (Phi) is 8.48. The number of alkyl halides is 6. The van der Waals surface area contributed by atoms with Gasteiger partial charge in [-0.05, 0) is 94.9 Å². The number of aliphatic imine (C=N–C) groups is 1. The minimum absolute atomic E-state index is 0.201. The van der Waals surface area contributed by atoms with E-state index in [9.17, 15) is 42.1 Å². The minimum atomic E-state index is -4.50. The van der Waals surface area contributed by atoms with E-state index in [0.717, 1.165) is 24.3 Å². The van der Waals surface area contributed by atoms with Crippen molar-refractivity contribution >= 4 is 33.6 Å². The van der Waals surface area contributed by atoms with Crippen molar-refractivity contribution in [2.45, 2.75) is 19.3 Å². The summed E-state index contributed by atoms with van der Waals surface area (Å²) in [6, 6.07) is 31.2. The van der Waals surface area contributed by atoms with Gasteiger partial charge in [0.1, 0.15) is 17.7 Å². The molecule has 2 aliphatic rings. The van der Waals surface area contributed by atoms with E-state index in [1.54, 1.807) is 61.5 Å². The topological polar surface area (TPSA) is 110 Å². The van der Waals surface area contributed by atoms with E-state index < -0.39 is 23.5 Å². The molecular formula is C45H22F6N6. The number of allylic oxidation sites excluding steroid dienone is 4. The van der Waals surface area contributed by atoms with E-state index >= 15 is 0 Å². The summed E-state index contributed by atoms with van der Waals surface area (Å²) in [5.74, 6) is 0. The summed E-state index contributed by atoms with van der Waals surface area (Å²) in [4.78, 5) is 14.7. The fraction of sp³-hybridized carbons (Fsp3) is 0.0667. The van der Waals surface area contributed by atoms with Crippen LogP contribution in [0.3, 0.4) is 0 Å². The molecule has 0 bridgehead atoms. The number of benzene rings is 5. The molecule has 0 aliphatic heterocycles. The highest BCUT2D eigenvalue weighted by Crippen LogP contribution is 2.47. The fourth-order valence-electron chi connectivity index (χ4n) is 7.15. The highest BCUT2D eigenvalue weighted by molar-refractivity contribution is 6.30. The maximum absolute atomic E-state index is 13.2. The van der Waals surface area contributed by atoms with Crippen LogP contribution < -0.4 is 0 Å². The second-order valence-electron chi connectivity index (χ2n) is 13.3. The number of aromatic nitrogens is 2. The van der Waals surface area contributed by atoms with Crippen molar-refractivity contribution in [3.05, 3.63) is 160 Å². The Labute approximate surface area is 321 Å². The van der Waals surface area contributed by atoms with Crippen LogP contribution in [0, 0.1) is 34.0 Å². The Bertz CT molecular complexity index is 2950. The summed E-state index contributed by atoms with van der Waals surface area (Å²) in [6.45, 7) is 5.91. The van der Waals surface area contributed by atoms with Crippen molar-refractivity contribution in [3.63, 3.8) is 0 Å². The molecule has 6 aromatic rings. The molecule has 0 radical (unpaired) electrons. The van der Waals surface area contributed by atoms with Gasteiger partial charge in [-0.25, -0.2) is 15.0 Å². The molecular weight excluding hydrogens is 739 g/mol. The molecule has 1 aromatic heterocycles. The zero-order valence-electron chi connectivity index (χ0n) is 29.5. The van der Waals surface area contributed by atoms with Crippen molar-refractivity contribution < 1.29 is 26.3 Å². The van der Waals surface area contributed by atoms with Crippen molar-refractivity contribution in [2.24, 2.45) is 4.99 Å². The molecule has 0 atom stereocenters. The van der Waals surface area contributed by atoms with Crippen molar-refractivity contribution in [1.29, 1.82) is 15.8 Å². The van der Waals surface area contributed by atoms with E-state index in [1.165, 1.54) is 24.3 Å². The molecule has 5 aromatic carbocycles. The van der Waals surface area contributed by atoms with Gasteiger partial charge < -0.3 is 0 Å². The monoisotopic (exact) mass is 760 g/mol. The molecule has 2 aliphatic carbocycles. The van der Waals surface area contributed by atoms with Gasteiger partial charge in [-0.1, -0.05) is 55.1 Å². The second kappa shape index (κ2) is 13.3. The number of hydrogen-bond donors (Lipinski definition) is 0. The molecule has 1 heterocycles. The summed E-state index contributed by atoms with van der Waals surface area (Å²) in [5.41, 5.74) is 7.16. The summed E-state index contributed by atoms with van der Waals surface area (Å²) >= 11 is 0. The maximum Gasteiger partial charge on any atom is 0.416 e. The minimum Gasteiger partial charge on any atom is -0.248 e. The Morgan fingerprint density at radius 2 is 1.07 bits per heavy atom. The number of hydrogen-bond acceptors (Lipinski definition) is 6. The lowest BCUT2D eigenvalue weighted by atomic mass is 9.96. The van der Waals surface area contributed by atoms with Gasteiger partial charge in [-0.15, -0.1) is 0 Å². The number of nitrogens with zero attached hydrogens (tertiary/aromatic N) is 6. The first kappa shape index (κ1) is 36.4. The van der Waals surface area contributed by atoms with Gasteiger partial charge >= 0.3 is 12.4 Å². The SMILES string of the molecule is C=C1C(=Nc2ccc3nc4c(nc3c2)-c2ccc(-c3ccc(C(F)(F)F)cc3)cc2C4=C(C#N)C#N)c2ccc(-c3ccc(C(F)(F)F)cc3)cc2/C1=C(\C)C#N. The van der Waals surface area contributed by atoms with Gasteiger partial charge in [-0.3, -0.25) is 0 Å². The van der Waals surface area contributed by atoms with E-state index in [1.807, 2.05) is 12.1 Å². The third-order valence-electron chi connectivity index (χ3n) is 9.91. The molecule has 0 N–H and O–H groups in total. The molecule has 57 heavy (non-hydrogen) atoms. The van der Waals surface area contributed by atoms with E-state index in [-0.39, 0.29) is 11.1 Å². The smallest absolute Gasteiger partial charge is 0.248 e. The largest absolute Gasteiger partial charge is 0.416 e. The molecule has 0 spiro atoms. The van der Waals surface area contributed by atoms with Crippen LogP contribution >= 0.6 is 0 Å². The summed E-state index contributed by atoms with van der Waals surface area (Å²) in [7, 11) is 0. The van der Waals surface area contributed by atoms with Crippen LogP contribution in [-0.4, -0.2) is 15.7 Å². The standard InChI is InChI=1S/C45H22F6N6/c1-23(20-52)39-24(2)41(33-14-7-27(17-35(33)39)25-3-9-30(10-4-25)44(46,47)48)55-32-13-16-37-38(19-32)57-42-34-15-8-28(26-5-11-31(12-6-26)45(49,50)51)18-36(34)40(43(42)56-37)29(21-53)22-54/h3-19H,2H2,1H3/b39-23+,55-41?. The first-order valence-electron chi connectivity index (χ1n) is 17.1. The van der Waals surface area contributed by atoms with Crippen LogP contribution in [0.5, 0.6) is 0 Å². The Morgan fingerprint density at radius 1 is 0.561 bits per heavy atom. The van der Waals surface area contributed by atoms with E-state index in [2.05, 4.69) is 12.6 Å². The average molecular weight is 761 g/mol. The lowest BCUT2D eigenvalue weighted by Crippen LogP contribution is -2.04. The first-order valence-corrected chi connectivity index (χ1v) is 17.1. The van der Waals surface area contributed by atoms with Crippen molar-refractivity contribution in [1.82, 2.24) is 9.97 Å². The van der Waals surface area contributed by atoms with E-state index in [0.29, 0.717) is 95.0 Å². The second-order valence-corrected chi connectivity index (χ2v) is 13.3.